The molecule has 2 amide bonds. The van der Waals surface area contributed by atoms with Crippen molar-refractivity contribution in [3.05, 3.63) is 83.9 Å². The molecule has 7 heteroatoms. The highest BCUT2D eigenvalue weighted by atomic mass is 16.2. The minimum atomic E-state index is -0.498. The molecule has 0 aliphatic carbocycles. The standard InChI is InChI=1S/C25H27N5O2/c1-18-14-28-22(15-27-18)16-29-24(31)13-23-25(32)26-11-12-30(23)17-19-7-9-21(10-8-19)20-5-3-2-4-6-20/h2-10,14-15,23H,11-13,16-17H2,1H3,(H,26,32)(H,29,31)/t23-/m0/s1. The van der Waals surface area contributed by atoms with Gasteiger partial charge in [0.25, 0.3) is 0 Å². The van der Waals surface area contributed by atoms with Gasteiger partial charge in [-0.1, -0.05) is 54.6 Å². The largest absolute Gasteiger partial charge is 0.353 e. The number of piperazine rings is 1. The zero-order valence-corrected chi connectivity index (χ0v) is 18.1. The van der Waals surface area contributed by atoms with Gasteiger partial charge in [0, 0.05) is 25.8 Å². The van der Waals surface area contributed by atoms with E-state index in [2.05, 4.69) is 61.9 Å². The van der Waals surface area contributed by atoms with Crippen molar-refractivity contribution in [2.45, 2.75) is 32.5 Å². The Hall–Kier alpha value is -3.58. The molecule has 3 aromatic rings. The van der Waals surface area contributed by atoms with Gasteiger partial charge in [-0.05, 0) is 23.6 Å². The number of hydrogen-bond donors (Lipinski definition) is 2. The van der Waals surface area contributed by atoms with Crippen LogP contribution in [0.1, 0.15) is 23.4 Å². The fraction of sp³-hybridized carbons (Fsp3) is 0.280. The maximum atomic E-state index is 12.5. The molecule has 0 radical (unpaired) electrons. The molecule has 1 fully saturated rings. The quantitative estimate of drug-likeness (QED) is 0.603. The Kier molecular flexibility index (Phi) is 6.87. The Morgan fingerprint density at radius 1 is 1.06 bits per heavy atom. The molecule has 164 valence electrons. The number of aryl methyl sites for hydroxylation is 1. The van der Waals surface area contributed by atoms with Crippen LogP contribution in [0.4, 0.5) is 0 Å². The van der Waals surface area contributed by atoms with Crippen molar-refractivity contribution < 1.29 is 9.59 Å². The molecule has 0 spiro atoms. The van der Waals surface area contributed by atoms with Gasteiger partial charge in [0.2, 0.25) is 11.8 Å². The van der Waals surface area contributed by atoms with E-state index in [-0.39, 0.29) is 18.2 Å². The molecule has 0 saturated carbocycles. The Morgan fingerprint density at radius 3 is 2.53 bits per heavy atom. The molecule has 1 aliphatic rings. The number of carbonyl (C=O) groups is 2. The molecule has 1 aliphatic heterocycles. The number of nitrogens with one attached hydrogen (secondary N) is 2. The lowest BCUT2D eigenvalue weighted by Crippen LogP contribution is -2.56. The molecule has 2 N–H and O–H groups in total. The zero-order chi connectivity index (χ0) is 22.3. The average molecular weight is 430 g/mol. The number of rotatable bonds is 7. The number of carbonyl (C=O) groups excluding carboxylic acids is 2. The normalized spacial score (nSPS) is 16.4. The molecule has 1 atom stereocenters. The summed E-state index contributed by atoms with van der Waals surface area (Å²) in [6.45, 7) is 4.05. The van der Waals surface area contributed by atoms with Crippen LogP contribution in [-0.2, 0) is 22.7 Å². The molecular formula is C25H27N5O2. The number of amides is 2. The van der Waals surface area contributed by atoms with Gasteiger partial charge >= 0.3 is 0 Å². The molecule has 2 aromatic carbocycles. The van der Waals surface area contributed by atoms with Gasteiger partial charge in [-0.25, -0.2) is 0 Å². The summed E-state index contributed by atoms with van der Waals surface area (Å²) < 4.78 is 0. The topological polar surface area (TPSA) is 87.2 Å². The third-order valence-corrected chi connectivity index (χ3v) is 5.57. The second kappa shape index (κ2) is 10.2. The van der Waals surface area contributed by atoms with Gasteiger partial charge in [0.1, 0.15) is 0 Å². The summed E-state index contributed by atoms with van der Waals surface area (Å²) in [4.78, 5) is 35.6. The fourth-order valence-corrected chi connectivity index (χ4v) is 3.79. The van der Waals surface area contributed by atoms with Gasteiger partial charge < -0.3 is 10.6 Å². The highest BCUT2D eigenvalue weighted by Crippen LogP contribution is 2.21. The summed E-state index contributed by atoms with van der Waals surface area (Å²) in [5.41, 5.74) is 4.95. The first-order valence-corrected chi connectivity index (χ1v) is 10.8. The third kappa shape index (κ3) is 5.56. The molecule has 32 heavy (non-hydrogen) atoms. The van der Waals surface area contributed by atoms with Gasteiger partial charge in [-0.3, -0.25) is 24.5 Å². The van der Waals surface area contributed by atoms with Crippen LogP contribution in [0.3, 0.4) is 0 Å². The first-order valence-electron chi connectivity index (χ1n) is 10.8. The SMILES string of the molecule is Cc1cnc(CNC(=O)C[C@H]2C(=O)NCCN2Cc2ccc(-c3ccccc3)cc2)cn1. The van der Waals surface area contributed by atoms with Crippen LogP contribution in [-0.4, -0.2) is 45.8 Å². The van der Waals surface area contributed by atoms with Crippen LogP contribution in [0.2, 0.25) is 0 Å². The molecule has 0 bridgehead atoms. The molecule has 7 nitrogen and oxygen atoms in total. The Morgan fingerprint density at radius 2 is 1.81 bits per heavy atom. The third-order valence-electron chi connectivity index (χ3n) is 5.57. The maximum absolute atomic E-state index is 12.5. The highest BCUT2D eigenvalue weighted by molar-refractivity contribution is 5.88. The number of aromatic nitrogens is 2. The fourth-order valence-electron chi connectivity index (χ4n) is 3.79. The summed E-state index contributed by atoms with van der Waals surface area (Å²) in [6, 6.07) is 18.1. The van der Waals surface area contributed by atoms with E-state index in [9.17, 15) is 9.59 Å². The first-order chi connectivity index (χ1) is 15.6. The van der Waals surface area contributed by atoms with Crippen LogP contribution in [0.5, 0.6) is 0 Å². The van der Waals surface area contributed by atoms with Gasteiger partial charge in [-0.2, -0.15) is 0 Å². The van der Waals surface area contributed by atoms with E-state index in [1.807, 2.05) is 25.1 Å². The lowest BCUT2D eigenvalue weighted by Gasteiger charge is -2.34. The summed E-state index contributed by atoms with van der Waals surface area (Å²) in [6.07, 6.45) is 3.42. The lowest BCUT2D eigenvalue weighted by molar-refractivity contribution is -0.134. The van der Waals surface area contributed by atoms with E-state index in [0.717, 1.165) is 16.8 Å². The van der Waals surface area contributed by atoms with Crippen LogP contribution < -0.4 is 10.6 Å². The molecule has 1 saturated heterocycles. The Balaban J connectivity index is 1.37. The Labute approximate surface area is 187 Å². The number of benzene rings is 2. The molecular weight excluding hydrogens is 402 g/mol. The van der Waals surface area contributed by atoms with Crippen molar-refractivity contribution >= 4 is 11.8 Å². The van der Waals surface area contributed by atoms with E-state index in [1.165, 1.54) is 5.56 Å². The van der Waals surface area contributed by atoms with E-state index in [4.69, 9.17) is 0 Å². The lowest BCUT2D eigenvalue weighted by atomic mass is 10.0. The smallest absolute Gasteiger partial charge is 0.237 e. The van der Waals surface area contributed by atoms with Crippen LogP contribution >= 0.6 is 0 Å². The second-order valence-corrected chi connectivity index (χ2v) is 7.97. The second-order valence-electron chi connectivity index (χ2n) is 7.97. The predicted molar refractivity (Wildman–Crippen MR) is 122 cm³/mol. The van der Waals surface area contributed by atoms with E-state index < -0.39 is 6.04 Å². The van der Waals surface area contributed by atoms with Crippen molar-refractivity contribution in [3.63, 3.8) is 0 Å². The summed E-state index contributed by atoms with van der Waals surface area (Å²) in [5.74, 6) is -0.290. The first kappa shape index (κ1) is 21.6. The Bertz CT molecular complexity index is 1050. The van der Waals surface area contributed by atoms with Gasteiger partial charge in [-0.15, -0.1) is 0 Å². The molecule has 0 unspecified atom stereocenters. The van der Waals surface area contributed by atoms with Crippen molar-refractivity contribution in [2.24, 2.45) is 0 Å². The van der Waals surface area contributed by atoms with E-state index in [0.29, 0.717) is 31.9 Å². The average Bonchev–Trinajstić information content (AvgIpc) is 2.82. The van der Waals surface area contributed by atoms with Crippen LogP contribution in [0.25, 0.3) is 11.1 Å². The summed E-state index contributed by atoms with van der Waals surface area (Å²) >= 11 is 0. The van der Waals surface area contributed by atoms with Gasteiger partial charge in [0.15, 0.2) is 0 Å². The van der Waals surface area contributed by atoms with Crippen LogP contribution in [0.15, 0.2) is 67.0 Å². The maximum Gasteiger partial charge on any atom is 0.237 e. The molecule has 4 rings (SSSR count). The highest BCUT2D eigenvalue weighted by Gasteiger charge is 2.31. The summed E-state index contributed by atoms with van der Waals surface area (Å²) in [5, 5.41) is 5.73. The van der Waals surface area contributed by atoms with Gasteiger partial charge in [0.05, 0.1) is 36.6 Å². The zero-order valence-electron chi connectivity index (χ0n) is 18.1. The minimum absolute atomic E-state index is 0.104. The summed E-state index contributed by atoms with van der Waals surface area (Å²) in [7, 11) is 0. The monoisotopic (exact) mass is 429 g/mol. The van der Waals surface area contributed by atoms with Crippen molar-refractivity contribution in [1.82, 2.24) is 25.5 Å². The van der Waals surface area contributed by atoms with Crippen molar-refractivity contribution in [3.8, 4) is 11.1 Å². The number of hydrogen-bond acceptors (Lipinski definition) is 5. The van der Waals surface area contributed by atoms with E-state index in [1.54, 1.807) is 12.4 Å². The van der Waals surface area contributed by atoms with E-state index >= 15 is 0 Å². The molecule has 1 aromatic heterocycles. The minimum Gasteiger partial charge on any atom is -0.353 e. The predicted octanol–water partition coefficient (Wildman–Crippen LogP) is 2.46. The number of nitrogens with zero attached hydrogens (tertiary/aromatic N) is 3. The van der Waals surface area contributed by atoms with Crippen molar-refractivity contribution in [1.29, 1.82) is 0 Å². The molecule has 2 heterocycles. The van der Waals surface area contributed by atoms with Crippen LogP contribution in [0, 0.1) is 6.92 Å². The van der Waals surface area contributed by atoms with Crippen molar-refractivity contribution in [2.75, 3.05) is 13.1 Å².